The monoisotopic (exact) mass is 278 g/mol. The molecule has 0 aliphatic carbocycles. The lowest BCUT2D eigenvalue weighted by molar-refractivity contribution is 0.249. The summed E-state index contributed by atoms with van der Waals surface area (Å²) < 4.78 is 14.4. The molecular formula is C17H27FN2. The molecule has 0 bridgehead atoms. The van der Waals surface area contributed by atoms with Gasteiger partial charge in [0.2, 0.25) is 0 Å². The van der Waals surface area contributed by atoms with Gasteiger partial charge in [-0.15, -0.1) is 0 Å². The van der Waals surface area contributed by atoms with Crippen molar-refractivity contribution >= 4 is 5.69 Å². The first-order valence-electron chi connectivity index (χ1n) is 7.50. The zero-order valence-electron chi connectivity index (χ0n) is 13.4. The molecule has 0 radical (unpaired) electrons. The second-order valence-corrected chi connectivity index (χ2v) is 7.10. The Bertz CT molecular complexity index is 455. The molecule has 1 aliphatic rings. The number of halogens is 1. The zero-order chi connectivity index (χ0) is 14.9. The predicted octanol–water partition coefficient (Wildman–Crippen LogP) is 3.65. The Morgan fingerprint density at radius 2 is 1.75 bits per heavy atom. The van der Waals surface area contributed by atoms with Crippen LogP contribution in [-0.4, -0.2) is 38.1 Å². The fourth-order valence-corrected chi connectivity index (χ4v) is 2.85. The molecule has 1 aromatic carbocycles. The first-order valence-corrected chi connectivity index (χ1v) is 7.50. The van der Waals surface area contributed by atoms with E-state index in [1.54, 1.807) is 6.07 Å². The van der Waals surface area contributed by atoms with Gasteiger partial charge >= 0.3 is 0 Å². The van der Waals surface area contributed by atoms with Crippen molar-refractivity contribution in [3.63, 3.8) is 0 Å². The molecular weight excluding hydrogens is 251 g/mol. The summed E-state index contributed by atoms with van der Waals surface area (Å²) in [5.41, 5.74) is 1.81. The Morgan fingerprint density at radius 3 is 2.20 bits per heavy atom. The number of hydrogen-bond acceptors (Lipinski definition) is 2. The number of anilines is 1. The quantitative estimate of drug-likeness (QED) is 0.814. The lowest BCUT2D eigenvalue weighted by Gasteiger charge is -2.36. The van der Waals surface area contributed by atoms with Crippen LogP contribution < -0.4 is 4.90 Å². The third kappa shape index (κ3) is 3.32. The predicted molar refractivity (Wildman–Crippen MR) is 84.0 cm³/mol. The van der Waals surface area contributed by atoms with Crippen molar-refractivity contribution in [3.8, 4) is 0 Å². The van der Waals surface area contributed by atoms with E-state index in [0.29, 0.717) is 6.04 Å². The summed E-state index contributed by atoms with van der Waals surface area (Å²) in [6, 6.07) is 6.35. The molecule has 112 valence electrons. The first-order chi connectivity index (χ1) is 9.29. The fourth-order valence-electron chi connectivity index (χ4n) is 2.85. The van der Waals surface area contributed by atoms with Gasteiger partial charge in [0.15, 0.2) is 0 Å². The number of piperidine rings is 1. The fraction of sp³-hybridized carbons (Fsp3) is 0.647. The van der Waals surface area contributed by atoms with Crippen molar-refractivity contribution in [3.05, 3.63) is 29.6 Å². The molecule has 0 spiro atoms. The smallest absolute Gasteiger partial charge is 0.146 e. The van der Waals surface area contributed by atoms with Crippen LogP contribution in [0.1, 0.15) is 39.2 Å². The molecule has 1 aliphatic heterocycles. The van der Waals surface area contributed by atoms with Crippen LogP contribution in [-0.2, 0) is 5.41 Å². The van der Waals surface area contributed by atoms with E-state index < -0.39 is 0 Å². The molecule has 20 heavy (non-hydrogen) atoms. The molecule has 1 saturated heterocycles. The Hall–Kier alpha value is -1.09. The van der Waals surface area contributed by atoms with Gasteiger partial charge in [0, 0.05) is 19.1 Å². The minimum absolute atomic E-state index is 0.00269. The molecule has 0 amide bonds. The highest BCUT2D eigenvalue weighted by atomic mass is 19.1. The summed E-state index contributed by atoms with van der Waals surface area (Å²) in [7, 11) is 4.25. The van der Waals surface area contributed by atoms with E-state index in [0.717, 1.165) is 37.2 Å². The summed E-state index contributed by atoms with van der Waals surface area (Å²) >= 11 is 0. The van der Waals surface area contributed by atoms with Crippen LogP contribution in [0.15, 0.2) is 18.2 Å². The van der Waals surface area contributed by atoms with Crippen LogP contribution >= 0.6 is 0 Å². The molecule has 1 fully saturated rings. The third-order valence-electron chi connectivity index (χ3n) is 4.35. The van der Waals surface area contributed by atoms with Gasteiger partial charge in [-0.05, 0) is 50.0 Å². The van der Waals surface area contributed by atoms with E-state index in [2.05, 4.69) is 50.7 Å². The van der Waals surface area contributed by atoms with Crippen molar-refractivity contribution in [2.45, 2.75) is 45.1 Å². The van der Waals surface area contributed by atoms with Crippen LogP contribution in [0.2, 0.25) is 0 Å². The van der Waals surface area contributed by atoms with Crippen molar-refractivity contribution in [2.75, 3.05) is 32.1 Å². The van der Waals surface area contributed by atoms with E-state index in [1.807, 2.05) is 6.07 Å². The first kappa shape index (κ1) is 15.3. The van der Waals surface area contributed by atoms with E-state index >= 15 is 0 Å². The summed E-state index contributed by atoms with van der Waals surface area (Å²) in [6.45, 7) is 8.22. The van der Waals surface area contributed by atoms with Gasteiger partial charge < -0.3 is 9.80 Å². The van der Waals surface area contributed by atoms with Crippen LogP contribution in [0.5, 0.6) is 0 Å². The lowest BCUT2D eigenvalue weighted by Crippen LogP contribution is -2.42. The van der Waals surface area contributed by atoms with Gasteiger partial charge in [0.1, 0.15) is 5.82 Å². The second-order valence-electron chi connectivity index (χ2n) is 7.10. The van der Waals surface area contributed by atoms with Crippen LogP contribution in [0, 0.1) is 5.82 Å². The molecule has 2 nitrogen and oxygen atoms in total. The van der Waals surface area contributed by atoms with Gasteiger partial charge in [-0.3, -0.25) is 0 Å². The van der Waals surface area contributed by atoms with E-state index in [1.165, 1.54) is 0 Å². The highest BCUT2D eigenvalue weighted by Crippen LogP contribution is 2.29. The van der Waals surface area contributed by atoms with Gasteiger partial charge in [-0.2, -0.15) is 0 Å². The SMILES string of the molecule is CN(C)C1CCN(c2ccc(C(C)(C)C)cc2F)CC1. The van der Waals surface area contributed by atoms with Gasteiger partial charge in [-0.25, -0.2) is 4.39 Å². The molecule has 0 unspecified atom stereocenters. The maximum Gasteiger partial charge on any atom is 0.146 e. The molecule has 0 N–H and O–H groups in total. The normalized spacial score (nSPS) is 17.9. The Labute approximate surface area is 122 Å². The standard InChI is InChI=1S/C17H27FN2/c1-17(2,3)13-6-7-16(15(18)12-13)20-10-8-14(9-11-20)19(4)5/h6-7,12,14H,8-11H2,1-5H3. The summed E-state index contributed by atoms with van der Waals surface area (Å²) in [6.07, 6.45) is 2.21. The molecule has 1 aromatic rings. The van der Waals surface area contributed by atoms with Gasteiger partial charge in [0.25, 0.3) is 0 Å². The highest BCUT2D eigenvalue weighted by molar-refractivity contribution is 5.50. The van der Waals surface area contributed by atoms with Crippen LogP contribution in [0.4, 0.5) is 10.1 Å². The topological polar surface area (TPSA) is 6.48 Å². The minimum Gasteiger partial charge on any atom is -0.369 e. The average molecular weight is 278 g/mol. The molecule has 0 saturated carbocycles. The maximum absolute atomic E-state index is 14.4. The summed E-state index contributed by atoms with van der Waals surface area (Å²) in [5, 5.41) is 0. The maximum atomic E-state index is 14.4. The molecule has 0 aromatic heterocycles. The van der Waals surface area contributed by atoms with Crippen molar-refractivity contribution in [1.29, 1.82) is 0 Å². The number of benzene rings is 1. The zero-order valence-corrected chi connectivity index (χ0v) is 13.4. The molecule has 1 heterocycles. The number of rotatable bonds is 2. The van der Waals surface area contributed by atoms with Crippen molar-refractivity contribution in [2.24, 2.45) is 0 Å². The summed E-state index contributed by atoms with van der Waals surface area (Å²) in [5.74, 6) is -0.0827. The Morgan fingerprint density at radius 1 is 1.15 bits per heavy atom. The number of nitrogens with zero attached hydrogens (tertiary/aromatic N) is 2. The van der Waals surface area contributed by atoms with E-state index in [9.17, 15) is 4.39 Å². The van der Waals surface area contributed by atoms with Crippen molar-refractivity contribution in [1.82, 2.24) is 4.90 Å². The third-order valence-corrected chi connectivity index (χ3v) is 4.35. The van der Waals surface area contributed by atoms with E-state index in [4.69, 9.17) is 0 Å². The van der Waals surface area contributed by atoms with Gasteiger partial charge in [-0.1, -0.05) is 26.8 Å². The molecule has 3 heteroatoms. The largest absolute Gasteiger partial charge is 0.369 e. The van der Waals surface area contributed by atoms with Crippen LogP contribution in [0.25, 0.3) is 0 Å². The second kappa shape index (κ2) is 5.72. The van der Waals surface area contributed by atoms with Gasteiger partial charge in [0.05, 0.1) is 5.69 Å². The average Bonchev–Trinajstić information content (AvgIpc) is 2.37. The molecule has 0 atom stereocenters. The Balaban J connectivity index is 2.11. The number of hydrogen-bond donors (Lipinski definition) is 0. The molecule has 2 rings (SSSR count). The Kier molecular flexibility index (Phi) is 4.38. The van der Waals surface area contributed by atoms with Crippen molar-refractivity contribution < 1.29 is 4.39 Å². The minimum atomic E-state index is -0.0827. The van der Waals surface area contributed by atoms with E-state index in [-0.39, 0.29) is 11.2 Å². The summed E-state index contributed by atoms with van der Waals surface area (Å²) in [4.78, 5) is 4.46. The van der Waals surface area contributed by atoms with Crippen LogP contribution in [0.3, 0.4) is 0 Å². The lowest BCUT2D eigenvalue weighted by atomic mass is 9.87. The highest BCUT2D eigenvalue weighted by Gasteiger charge is 2.23.